The Hall–Kier alpha value is -2.31. The van der Waals surface area contributed by atoms with Crippen LogP contribution in [0.3, 0.4) is 0 Å². The monoisotopic (exact) mass is 342 g/mol. The topological polar surface area (TPSA) is 211 Å². The molecule has 4 atom stereocenters. The molecular formula is C12H22N8O4. The third kappa shape index (κ3) is 2.14. The Kier molecular flexibility index (Phi) is 3.69. The molecule has 3 heterocycles. The van der Waals surface area contributed by atoms with E-state index in [0.29, 0.717) is 13.0 Å². The number of carbonyl (C=O) groups excluding carboxylic acids is 1. The second kappa shape index (κ2) is 5.36. The van der Waals surface area contributed by atoms with Crippen LogP contribution in [0.2, 0.25) is 0 Å². The highest BCUT2D eigenvalue weighted by Gasteiger charge is 2.71. The molecule has 0 saturated carbocycles. The van der Waals surface area contributed by atoms with Gasteiger partial charge >= 0.3 is 6.09 Å². The molecule has 12 heteroatoms. The van der Waals surface area contributed by atoms with Crippen molar-refractivity contribution in [3.8, 4) is 0 Å². The molecule has 3 rings (SSSR count). The first-order chi connectivity index (χ1) is 11.2. The average molecular weight is 342 g/mol. The van der Waals surface area contributed by atoms with E-state index >= 15 is 0 Å². The lowest BCUT2D eigenvalue weighted by Gasteiger charge is -2.49. The Morgan fingerprint density at radius 3 is 2.75 bits per heavy atom. The minimum atomic E-state index is -2.20. The molecule has 1 spiro atoms. The van der Waals surface area contributed by atoms with Crippen LogP contribution in [0.4, 0.5) is 4.79 Å². The van der Waals surface area contributed by atoms with Crippen molar-refractivity contribution >= 4 is 18.0 Å². The normalized spacial score (nSPS) is 36.3. The van der Waals surface area contributed by atoms with E-state index in [1.54, 1.807) is 4.90 Å². The molecule has 1 saturated heterocycles. The highest BCUT2D eigenvalue weighted by molar-refractivity contribution is 5.87. The summed E-state index contributed by atoms with van der Waals surface area (Å²) in [6, 6.07) is -1.96. The van der Waals surface area contributed by atoms with E-state index in [9.17, 15) is 15.0 Å². The smallest absolute Gasteiger partial charge is 0.404 e. The quantitative estimate of drug-likeness (QED) is 0.247. The molecule has 0 aliphatic carbocycles. The summed E-state index contributed by atoms with van der Waals surface area (Å²) >= 11 is 0. The number of primary amides is 1. The Morgan fingerprint density at radius 1 is 1.42 bits per heavy atom. The van der Waals surface area contributed by atoms with E-state index in [-0.39, 0.29) is 31.0 Å². The van der Waals surface area contributed by atoms with Crippen molar-refractivity contribution in [1.29, 1.82) is 0 Å². The maximum absolute atomic E-state index is 10.9. The van der Waals surface area contributed by atoms with E-state index in [0.717, 1.165) is 0 Å². The molecule has 0 aromatic carbocycles. The van der Waals surface area contributed by atoms with Crippen molar-refractivity contribution in [3.63, 3.8) is 0 Å². The molecule has 1 amide bonds. The number of hydrogen-bond donors (Lipinski definition) is 7. The van der Waals surface area contributed by atoms with Gasteiger partial charge in [-0.05, 0) is 13.0 Å². The van der Waals surface area contributed by atoms with Gasteiger partial charge in [-0.15, -0.1) is 0 Å². The predicted molar refractivity (Wildman–Crippen MR) is 83.3 cm³/mol. The van der Waals surface area contributed by atoms with Gasteiger partial charge in [0.25, 0.3) is 0 Å². The van der Waals surface area contributed by atoms with Crippen molar-refractivity contribution < 1.29 is 19.7 Å². The molecule has 24 heavy (non-hydrogen) atoms. The number of nitrogens with one attached hydrogen (secondary N) is 1. The van der Waals surface area contributed by atoms with Crippen LogP contribution in [0.15, 0.2) is 9.98 Å². The zero-order chi connectivity index (χ0) is 17.7. The number of aliphatic imine (C=N–C) groups is 2. The third-order valence-electron chi connectivity index (χ3n) is 4.71. The first kappa shape index (κ1) is 16.5. The molecule has 12 nitrogen and oxygen atoms in total. The molecule has 134 valence electrons. The van der Waals surface area contributed by atoms with Crippen LogP contribution in [-0.4, -0.2) is 75.9 Å². The SMILES string of the molecule is NCC[C@H]1CC(O)(O)[C@]23NC(N)=NC2[C@H](COC(N)=O)N=C(N)N13. The zero-order valence-electron chi connectivity index (χ0n) is 12.9. The number of amides is 1. The third-order valence-corrected chi connectivity index (χ3v) is 4.71. The molecule has 11 N–H and O–H groups in total. The van der Waals surface area contributed by atoms with E-state index in [4.69, 9.17) is 27.7 Å². The lowest BCUT2D eigenvalue weighted by atomic mass is 9.86. The van der Waals surface area contributed by atoms with Crippen LogP contribution >= 0.6 is 0 Å². The predicted octanol–water partition coefficient (Wildman–Crippen LogP) is -4.13. The van der Waals surface area contributed by atoms with Gasteiger partial charge in [-0.1, -0.05) is 0 Å². The average Bonchev–Trinajstić information content (AvgIpc) is 2.92. The van der Waals surface area contributed by atoms with E-state index < -0.39 is 29.6 Å². The Labute approximate surface area is 137 Å². The summed E-state index contributed by atoms with van der Waals surface area (Å²) in [7, 11) is 0. The number of aliphatic hydroxyl groups is 2. The Morgan fingerprint density at radius 2 is 2.12 bits per heavy atom. The van der Waals surface area contributed by atoms with Gasteiger partial charge in [-0.25, -0.2) is 14.8 Å². The Balaban J connectivity index is 2.04. The highest BCUT2D eigenvalue weighted by atomic mass is 16.5. The fraction of sp³-hybridized carbons (Fsp3) is 0.750. The first-order valence-corrected chi connectivity index (χ1v) is 7.54. The summed E-state index contributed by atoms with van der Waals surface area (Å²) < 4.78 is 4.80. The van der Waals surface area contributed by atoms with Gasteiger partial charge in [-0.2, -0.15) is 0 Å². The number of nitrogens with two attached hydrogens (primary N) is 4. The van der Waals surface area contributed by atoms with Crippen LogP contribution < -0.4 is 28.3 Å². The minimum absolute atomic E-state index is 0.0137. The van der Waals surface area contributed by atoms with Gasteiger partial charge in [0.05, 0.1) is 0 Å². The number of guanidine groups is 2. The fourth-order valence-corrected chi connectivity index (χ4v) is 3.90. The van der Waals surface area contributed by atoms with Gasteiger partial charge in [0.2, 0.25) is 5.79 Å². The van der Waals surface area contributed by atoms with E-state index in [1.165, 1.54) is 0 Å². The van der Waals surface area contributed by atoms with Crippen molar-refractivity contribution in [2.45, 2.75) is 42.4 Å². The fourth-order valence-electron chi connectivity index (χ4n) is 3.90. The molecule has 1 fully saturated rings. The maximum Gasteiger partial charge on any atom is 0.404 e. The molecule has 3 aliphatic heterocycles. The summed E-state index contributed by atoms with van der Waals surface area (Å²) in [5.41, 5.74) is 21.0. The minimum Gasteiger partial charge on any atom is -0.447 e. The number of ether oxygens (including phenoxy) is 1. The second-order valence-corrected chi connectivity index (χ2v) is 6.16. The first-order valence-electron chi connectivity index (χ1n) is 7.54. The van der Waals surface area contributed by atoms with Crippen LogP contribution in [0.1, 0.15) is 12.8 Å². The van der Waals surface area contributed by atoms with Crippen molar-refractivity contribution in [3.05, 3.63) is 0 Å². The molecule has 1 unspecified atom stereocenters. The van der Waals surface area contributed by atoms with Crippen molar-refractivity contribution in [2.24, 2.45) is 32.9 Å². The van der Waals surface area contributed by atoms with Gasteiger partial charge in [0, 0.05) is 12.5 Å². The molecule has 0 aromatic heterocycles. The van der Waals surface area contributed by atoms with E-state index in [2.05, 4.69) is 15.3 Å². The number of nitrogens with zero attached hydrogens (tertiary/aromatic N) is 3. The molecular weight excluding hydrogens is 320 g/mol. The lowest BCUT2D eigenvalue weighted by Crippen LogP contribution is -2.77. The van der Waals surface area contributed by atoms with Gasteiger partial charge in [-0.3, -0.25) is 0 Å². The zero-order valence-corrected chi connectivity index (χ0v) is 12.9. The van der Waals surface area contributed by atoms with Gasteiger partial charge < -0.3 is 48.1 Å². The summed E-state index contributed by atoms with van der Waals surface area (Å²) in [6.45, 7) is 0.113. The molecule has 0 aromatic rings. The van der Waals surface area contributed by atoms with Crippen LogP contribution in [0.25, 0.3) is 0 Å². The standard InChI is InChI=1S/C12H22N8O4/c13-2-1-5-3-11(22,23)12-7(18-8(14)19-12)6(4-24-10(16)21)17-9(15)20(5)12/h5-7,22-23H,1-4,13H2,(H2,15,17)(H2,16,21)(H3,14,18,19)/t5-,6-,7?,12-/m0/s1. The van der Waals surface area contributed by atoms with Crippen LogP contribution in [0.5, 0.6) is 0 Å². The Bertz CT molecular complexity index is 608. The second-order valence-electron chi connectivity index (χ2n) is 6.16. The van der Waals surface area contributed by atoms with Crippen molar-refractivity contribution in [2.75, 3.05) is 13.2 Å². The number of carbonyl (C=O) groups is 1. The molecule has 0 radical (unpaired) electrons. The largest absolute Gasteiger partial charge is 0.447 e. The van der Waals surface area contributed by atoms with Gasteiger partial charge in [0.15, 0.2) is 17.6 Å². The van der Waals surface area contributed by atoms with Crippen LogP contribution in [0, 0.1) is 0 Å². The van der Waals surface area contributed by atoms with Gasteiger partial charge in [0.1, 0.15) is 18.7 Å². The van der Waals surface area contributed by atoms with E-state index in [1.807, 2.05) is 0 Å². The highest BCUT2D eigenvalue weighted by Crippen LogP contribution is 2.47. The maximum atomic E-state index is 10.9. The summed E-state index contributed by atoms with van der Waals surface area (Å²) in [4.78, 5) is 21.0. The molecule has 3 aliphatic rings. The number of hydrogen-bond acceptors (Lipinski definition) is 11. The lowest BCUT2D eigenvalue weighted by molar-refractivity contribution is -0.221. The summed E-state index contributed by atoms with van der Waals surface area (Å²) in [6.07, 6.45) is -0.525. The molecule has 0 bridgehead atoms. The summed E-state index contributed by atoms with van der Waals surface area (Å²) in [5, 5.41) is 24.3. The summed E-state index contributed by atoms with van der Waals surface area (Å²) in [5.74, 6) is -2.13. The van der Waals surface area contributed by atoms with Crippen molar-refractivity contribution in [1.82, 2.24) is 10.2 Å². The number of rotatable bonds is 4. The van der Waals surface area contributed by atoms with Crippen LogP contribution in [-0.2, 0) is 4.74 Å².